The molecule has 1 atom stereocenters. The predicted octanol–water partition coefficient (Wildman–Crippen LogP) is 3.95. The third kappa shape index (κ3) is 3.51. The van der Waals surface area contributed by atoms with E-state index in [0.29, 0.717) is 0 Å². The fourth-order valence-electron chi connectivity index (χ4n) is 1.49. The molecule has 0 saturated heterocycles. The zero-order chi connectivity index (χ0) is 10.2. The molecular weight excluding hydrogens is 172 g/mol. The molecule has 0 aromatic heterocycles. The molecule has 1 aromatic carbocycles. The molecule has 0 bridgehead atoms. The van der Waals surface area contributed by atoms with E-state index in [1.165, 1.54) is 12.0 Å². The normalized spacial score (nSPS) is 12.7. The highest BCUT2D eigenvalue weighted by Gasteiger charge is 2.07. The number of rotatable bonds is 6. The summed E-state index contributed by atoms with van der Waals surface area (Å²) >= 11 is 0. The summed E-state index contributed by atoms with van der Waals surface area (Å²) in [5.41, 5.74) is 1.30. The van der Waals surface area contributed by atoms with E-state index in [0.717, 1.165) is 19.4 Å². The van der Waals surface area contributed by atoms with Crippen LogP contribution in [0.2, 0.25) is 0 Å². The minimum absolute atomic E-state index is 0.280. The number of benzene rings is 1. The second kappa shape index (κ2) is 6.61. The van der Waals surface area contributed by atoms with Crippen molar-refractivity contribution in [2.24, 2.45) is 0 Å². The first kappa shape index (κ1) is 11.3. The lowest BCUT2D eigenvalue weighted by molar-refractivity contribution is 0.0481. The molecule has 0 saturated carbocycles. The van der Waals surface area contributed by atoms with Crippen LogP contribution in [0.1, 0.15) is 44.8 Å². The summed E-state index contributed by atoms with van der Waals surface area (Å²) in [6, 6.07) is 10.5. The van der Waals surface area contributed by atoms with Crippen LogP contribution in [0.25, 0.3) is 0 Å². The third-order valence-electron chi connectivity index (χ3n) is 2.36. The molecule has 1 heteroatoms. The van der Waals surface area contributed by atoms with Crippen LogP contribution in [0.15, 0.2) is 30.3 Å². The maximum absolute atomic E-state index is 5.82. The number of hydrogen-bond acceptors (Lipinski definition) is 1. The molecule has 0 amide bonds. The molecule has 1 nitrogen and oxygen atoms in total. The van der Waals surface area contributed by atoms with Gasteiger partial charge in [-0.25, -0.2) is 0 Å². The summed E-state index contributed by atoms with van der Waals surface area (Å²) in [6.45, 7) is 5.24. The van der Waals surface area contributed by atoms with Gasteiger partial charge in [-0.15, -0.1) is 0 Å². The summed E-state index contributed by atoms with van der Waals surface area (Å²) in [6.07, 6.45) is 3.69. The van der Waals surface area contributed by atoms with Crippen molar-refractivity contribution in [1.29, 1.82) is 0 Å². The van der Waals surface area contributed by atoms with Crippen molar-refractivity contribution in [3.63, 3.8) is 0 Å². The van der Waals surface area contributed by atoms with Crippen LogP contribution in [0.3, 0.4) is 0 Å². The van der Waals surface area contributed by atoms with Crippen LogP contribution in [-0.2, 0) is 4.74 Å². The first-order valence-corrected chi connectivity index (χ1v) is 5.55. The molecule has 0 aliphatic carbocycles. The molecule has 0 heterocycles. The molecule has 0 radical (unpaired) electrons. The highest BCUT2D eigenvalue weighted by Crippen LogP contribution is 2.20. The van der Waals surface area contributed by atoms with Crippen LogP contribution >= 0.6 is 0 Å². The van der Waals surface area contributed by atoms with Gasteiger partial charge in [0.1, 0.15) is 0 Å². The first-order chi connectivity index (χ1) is 6.88. The van der Waals surface area contributed by atoms with Crippen molar-refractivity contribution in [3.8, 4) is 0 Å². The average molecular weight is 192 g/mol. The van der Waals surface area contributed by atoms with E-state index in [1.54, 1.807) is 0 Å². The minimum Gasteiger partial charge on any atom is -0.374 e. The van der Waals surface area contributed by atoms with Crippen molar-refractivity contribution in [2.45, 2.75) is 39.2 Å². The molecule has 0 aliphatic rings. The van der Waals surface area contributed by atoms with Crippen LogP contribution in [-0.4, -0.2) is 6.61 Å². The number of unbranched alkanes of at least 4 members (excludes halogenated alkanes) is 1. The van der Waals surface area contributed by atoms with Gasteiger partial charge in [-0.2, -0.15) is 0 Å². The van der Waals surface area contributed by atoms with Crippen molar-refractivity contribution in [1.82, 2.24) is 0 Å². The van der Waals surface area contributed by atoms with Crippen LogP contribution in [0.4, 0.5) is 0 Å². The summed E-state index contributed by atoms with van der Waals surface area (Å²) in [7, 11) is 0. The Morgan fingerprint density at radius 2 is 1.86 bits per heavy atom. The highest BCUT2D eigenvalue weighted by atomic mass is 16.5. The zero-order valence-electron chi connectivity index (χ0n) is 9.20. The van der Waals surface area contributed by atoms with Gasteiger partial charge in [0.25, 0.3) is 0 Å². The van der Waals surface area contributed by atoms with E-state index in [2.05, 4.69) is 38.1 Å². The van der Waals surface area contributed by atoms with E-state index in [-0.39, 0.29) is 6.10 Å². The Morgan fingerprint density at radius 3 is 2.43 bits per heavy atom. The van der Waals surface area contributed by atoms with Crippen LogP contribution in [0, 0.1) is 0 Å². The lowest BCUT2D eigenvalue weighted by Crippen LogP contribution is -2.04. The molecular formula is C13H20O. The van der Waals surface area contributed by atoms with Crippen molar-refractivity contribution in [2.75, 3.05) is 6.61 Å². The SMILES string of the molecule is CCCCOC(CC)c1ccccc1. The molecule has 78 valence electrons. The van der Waals surface area contributed by atoms with E-state index < -0.39 is 0 Å². The van der Waals surface area contributed by atoms with Gasteiger partial charge in [0, 0.05) is 6.61 Å². The number of ether oxygens (including phenoxy) is 1. The van der Waals surface area contributed by atoms with Gasteiger partial charge < -0.3 is 4.74 Å². The zero-order valence-corrected chi connectivity index (χ0v) is 9.20. The van der Waals surface area contributed by atoms with Gasteiger partial charge in [-0.3, -0.25) is 0 Å². The Labute approximate surface area is 87.1 Å². The second-order valence-corrected chi connectivity index (χ2v) is 3.53. The summed E-state index contributed by atoms with van der Waals surface area (Å²) in [5.74, 6) is 0. The smallest absolute Gasteiger partial charge is 0.0822 e. The maximum atomic E-state index is 5.82. The topological polar surface area (TPSA) is 9.23 Å². The fourth-order valence-corrected chi connectivity index (χ4v) is 1.49. The largest absolute Gasteiger partial charge is 0.374 e. The van der Waals surface area contributed by atoms with Crippen molar-refractivity contribution >= 4 is 0 Å². The summed E-state index contributed by atoms with van der Waals surface area (Å²) in [4.78, 5) is 0. The molecule has 0 spiro atoms. The van der Waals surface area contributed by atoms with Crippen molar-refractivity contribution < 1.29 is 4.74 Å². The second-order valence-electron chi connectivity index (χ2n) is 3.53. The van der Waals surface area contributed by atoms with Gasteiger partial charge in [-0.1, -0.05) is 50.6 Å². The van der Waals surface area contributed by atoms with Gasteiger partial charge in [0.15, 0.2) is 0 Å². The minimum atomic E-state index is 0.280. The monoisotopic (exact) mass is 192 g/mol. The Bertz CT molecular complexity index is 230. The molecule has 0 fully saturated rings. The predicted molar refractivity (Wildman–Crippen MR) is 60.3 cm³/mol. The molecule has 0 N–H and O–H groups in total. The van der Waals surface area contributed by atoms with Gasteiger partial charge in [0.2, 0.25) is 0 Å². The van der Waals surface area contributed by atoms with Crippen LogP contribution in [0.5, 0.6) is 0 Å². The summed E-state index contributed by atoms with van der Waals surface area (Å²) in [5, 5.41) is 0. The van der Waals surface area contributed by atoms with Gasteiger partial charge in [-0.05, 0) is 18.4 Å². The Morgan fingerprint density at radius 1 is 1.14 bits per heavy atom. The average Bonchev–Trinajstić information content (AvgIpc) is 2.26. The lowest BCUT2D eigenvalue weighted by atomic mass is 10.1. The van der Waals surface area contributed by atoms with Gasteiger partial charge in [0.05, 0.1) is 6.10 Å². The Kier molecular flexibility index (Phi) is 5.31. The molecule has 1 rings (SSSR count). The van der Waals surface area contributed by atoms with E-state index in [4.69, 9.17) is 4.74 Å². The molecule has 1 unspecified atom stereocenters. The fraction of sp³-hybridized carbons (Fsp3) is 0.538. The van der Waals surface area contributed by atoms with Gasteiger partial charge >= 0.3 is 0 Å². The Balaban J connectivity index is 2.46. The van der Waals surface area contributed by atoms with E-state index >= 15 is 0 Å². The van der Waals surface area contributed by atoms with E-state index in [1.807, 2.05) is 6.07 Å². The maximum Gasteiger partial charge on any atom is 0.0822 e. The van der Waals surface area contributed by atoms with Crippen LogP contribution < -0.4 is 0 Å². The standard InChI is InChI=1S/C13H20O/c1-3-5-11-14-13(4-2)12-9-7-6-8-10-12/h6-10,13H,3-5,11H2,1-2H3. The van der Waals surface area contributed by atoms with E-state index in [9.17, 15) is 0 Å². The third-order valence-corrected chi connectivity index (χ3v) is 2.36. The molecule has 14 heavy (non-hydrogen) atoms. The summed E-state index contributed by atoms with van der Waals surface area (Å²) < 4.78 is 5.82. The van der Waals surface area contributed by atoms with Crippen molar-refractivity contribution in [3.05, 3.63) is 35.9 Å². The Hall–Kier alpha value is -0.820. The lowest BCUT2D eigenvalue weighted by Gasteiger charge is -2.16. The highest BCUT2D eigenvalue weighted by molar-refractivity contribution is 5.17. The molecule has 1 aromatic rings. The molecule has 0 aliphatic heterocycles. The quantitative estimate of drug-likeness (QED) is 0.620. The first-order valence-electron chi connectivity index (χ1n) is 5.55. The number of hydrogen-bond donors (Lipinski definition) is 0.